The Morgan fingerprint density at radius 1 is 1.25 bits per heavy atom. The van der Waals surface area contributed by atoms with Crippen LogP contribution in [0.15, 0.2) is 24.3 Å². The molecule has 1 aromatic carbocycles. The molecular weight excluding hydrogens is 144 g/mol. The predicted octanol–water partition coefficient (Wildman–Crippen LogP) is 3.13. The van der Waals surface area contributed by atoms with Crippen LogP contribution in [0, 0.1) is 0 Å². The predicted molar refractivity (Wildman–Crippen MR) is 51.2 cm³/mol. The van der Waals surface area contributed by atoms with E-state index in [0.29, 0.717) is 0 Å². The van der Waals surface area contributed by atoms with Gasteiger partial charge < -0.3 is 0 Å². The highest BCUT2D eigenvalue weighted by atomic mass is 14.3. The minimum Gasteiger partial charge on any atom is -0.0764 e. The van der Waals surface area contributed by atoms with E-state index < -0.39 is 0 Å². The molecule has 12 heavy (non-hydrogen) atoms. The van der Waals surface area contributed by atoms with E-state index >= 15 is 0 Å². The second-order valence-electron chi connectivity index (χ2n) is 3.78. The van der Waals surface area contributed by atoms with Crippen LogP contribution >= 0.6 is 0 Å². The van der Waals surface area contributed by atoms with Gasteiger partial charge in [0.25, 0.3) is 0 Å². The Balaban J connectivity index is 2.28. The van der Waals surface area contributed by atoms with E-state index in [-0.39, 0.29) is 0 Å². The SMILES string of the molecule is C1=C[C@H]2CCCc3cccc1c32. The van der Waals surface area contributed by atoms with Crippen LogP contribution in [0.1, 0.15) is 35.4 Å². The molecular formula is C12H12. The molecule has 0 unspecified atom stereocenters. The van der Waals surface area contributed by atoms with Crippen LogP contribution in [-0.2, 0) is 6.42 Å². The number of hydrogen-bond acceptors (Lipinski definition) is 0. The van der Waals surface area contributed by atoms with Crippen molar-refractivity contribution < 1.29 is 0 Å². The third-order valence-corrected chi connectivity index (χ3v) is 3.07. The van der Waals surface area contributed by atoms with Gasteiger partial charge in [0, 0.05) is 5.92 Å². The quantitative estimate of drug-likeness (QED) is 0.541. The van der Waals surface area contributed by atoms with Gasteiger partial charge in [0.2, 0.25) is 0 Å². The molecule has 1 aromatic rings. The molecule has 0 heteroatoms. The Kier molecular flexibility index (Phi) is 1.20. The Morgan fingerprint density at radius 3 is 3.25 bits per heavy atom. The second-order valence-corrected chi connectivity index (χ2v) is 3.78. The first kappa shape index (κ1) is 6.47. The zero-order valence-corrected chi connectivity index (χ0v) is 7.09. The summed E-state index contributed by atoms with van der Waals surface area (Å²) in [5.41, 5.74) is 4.69. The van der Waals surface area contributed by atoms with Gasteiger partial charge in [-0.05, 0) is 36.0 Å². The molecule has 3 rings (SSSR count). The van der Waals surface area contributed by atoms with Crippen LogP contribution in [0.3, 0.4) is 0 Å². The van der Waals surface area contributed by atoms with E-state index in [2.05, 4.69) is 30.4 Å². The van der Waals surface area contributed by atoms with Crippen LogP contribution in [0.4, 0.5) is 0 Å². The standard InChI is InChI=1S/C12H12/c1-3-9-4-2-6-11-8-7-10(5-1)12(9)11/h1,3,5,7-8,11H,2,4,6H2/t11-/m1/s1. The molecule has 60 valence electrons. The summed E-state index contributed by atoms with van der Waals surface area (Å²) in [5, 5.41) is 0. The van der Waals surface area contributed by atoms with Crippen LogP contribution in [0.25, 0.3) is 6.08 Å². The maximum absolute atomic E-state index is 2.37. The van der Waals surface area contributed by atoms with E-state index in [0.717, 1.165) is 5.92 Å². The topological polar surface area (TPSA) is 0 Å². The van der Waals surface area contributed by atoms with Crippen LogP contribution < -0.4 is 0 Å². The van der Waals surface area contributed by atoms with Crippen molar-refractivity contribution in [2.24, 2.45) is 0 Å². The third kappa shape index (κ3) is 0.726. The summed E-state index contributed by atoms with van der Waals surface area (Å²) in [7, 11) is 0. The van der Waals surface area contributed by atoms with Crippen molar-refractivity contribution in [3.63, 3.8) is 0 Å². The molecule has 0 bridgehead atoms. The molecule has 1 atom stereocenters. The highest BCUT2D eigenvalue weighted by Crippen LogP contribution is 2.39. The van der Waals surface area contributed by atoms with Crippen molar-refractivity contribution >= 4 is 6.08 Å². The van der Waals surface area contributed by atoms with Crippen molar-refractivity contribution in [2.45, 2.75) is 25.2 Å². The lowest BCUT2D eigenvalue weighted by molar-refractivity contribution is 0.635. The molecule has 0 spiro atoms. The molecule has 2 aliphatic carbocycles. The Morgan fingerprint density at radius 2 is 2.25 bits per heavy atom. The van der Waals surface area contributed by atoms with Gasteiger partial charge in [0.15, 0.2) is 0 Å². The first-order valence-corrected chi connectivity index (χ1v) is 4.75. The molecule has 0 aromatic heterocycles. The summed E-state index contributed by atoms with van der Waals surface area (Å²) in [6, 6.07) is 6.71. The second kappa shape index (κ2) is 2.22. The number of benzene rings is 1. The first-order chi connectivity index (χ1) is 5.95. The number of aryl methyl sites for hydroxylation is 1. The zero-order valence-electron chi connectivity index (χ0n) is 7.09. The molecule has 0 aliphatic heterocycles. The van der Waals surface area contributed by atoms with Crippen molar-refractivity contribution in [2.75, 3.05) is 0 Å². The highest BCUT2D eigenvalue weighted by molar-refractivity contribution is 5.65. The first-order valence-electron chi connectivity index (χ1n) is 4.75. The summed E-state index contributed by atoms with van der Waals surface area (Å²) in [5.74, 6) is 0.755. The number of hydrogen-bond donors (Lipinski definition) is 0. The van der Waals surface area contributed by atoms with Gasteiger partial charge in [-0.25, -0.2) is 0 Å². The molecule has 0 nitrogen and oxygen atoms in total. The minimum absolute atomic E-state index is 0.755. The van der Waals surface area contributed by atoms with E-state index in [9.17, 15) is 0 Å². The van der Waals surface area contributed by atoms with Crippen molar-refractivity contribution in [1.29, 1.82) is 0 Å². The maximum atomic E-state index is 2.37. The normalized spacial score (nSPS) is 24.2. The summed E-state index contributed by atoms with van der Waals surface area (Å²) < 4.78 is 0. The van der Waals surface area contributed by atoms with Crippen LogP contribution in [-0.4, -0.2) is 0 Å². The molecule has 0 amide bonds. The fourth-order valence-corrected chi connectivity index (χ4v) is 2.52. The number of allylic oxidation sites excluding steroid dienone is 1. The Hall–Kier alpha value is -1.04. The van der Waals surface area contributed by atoms with Gasteiger partial charge in [0.05, 0.1) is 0 Å². The van der Waals surface area contributed by atoms with Crippen molar-refractivity contribution in [3.8, 4) is 0 Å². The fourth-order valence-electron chi connectivity index (χ4n) is 2.52. The largest absolute Gasteiger partial charge is 0.0764 e. The average Bonchev–Trinajstić information content (AvgIpc) is 2.52. The molecule has 0 heterocycles. The Bertz CT molecular complexity index is 347. The lowest BCUT2D eigenvalue weighted by Gasteiger charge is -2.20. The molecule has 0 fully saturated rings. The van der Waals surface area contributed by atoms with Crippen LogP contribution in [0.2, 0.25) is 0 Å². The number of rotatable bonds is 0. The summed E-state index contributed by atoms with van der Waals surface area (Å²) >= 11 is 0. The van der Waals surface area contributed by atoms with Crippen LogP contribution in [0.5, 0.6) is 0 Å². The lowest BCUT2D eigenvalue weighted by Crippen LogP contribution is -2.06. The minimum atomic E-state index is 0.755. The molecule has 0 saturated heterocycles. The smallest absolute Gasteiger partial charge is 0.00300 e. The molecule has 2 aliphatic rings. The van der Waals surface area contributed by atoms with E-state index in [1.54, 1.807) is 11.1 Å². The summed E-state index contributed by atoms with van der Waals surface area (Å²) in [6.07, 6.45) is 8.68. The lowest BCUT2D eigenvalue weighted by atomic mass is 9.84. The molecule has 0 radical (unpaired) electrons. The average molecular weight is 156 g/mol. The van der Waals surface area contributed by atoms with E-state index in [4.69, 9.17) is 0 Å². The molecule has 0 N–H and O–H groups in total. The van der Waals surface area contributed by atoms with E-state index in [1.807, 2.05) is 0 Å². The van der Waals surface area contributed by atoms with Gasteiger partial charge in [-0.3, -0.25) is 0 Å². The van der Waals surface area contributed by atoms with Crippen molar-refractivity contribution in [1.82, 2.24) is 0 Å². The zero-order chi connectivity index (χ0) is 7.97. The van der Waals surface area contributed by atoms with Gasteiger partial charge in [-0.1, -0.05) is 30.4 Å². The van der Waals surface area contributed by atoms with Gasteiger partial charge in [0.1, 0.15) is 0 Å². The van der Waals surface area contributed by atoms with E-state index in [1.165, 1.54) is 24.8 Å². The van der Waals surface area contributed by atoms with Gasteiger partial charge in [-0.15, -0.1) is 0 Å². The van der Waals surface area contributed by atoms with Gasteiger partial charge >= 0.3 is 0 Å². The third-order valence-electron chi connectivity index (χ3n) is 3.07. The van der Waals surface area contributed by atoms with Crippen molar-refractivity contribution in [3.05, 3.63) is 41.0 Å². The highest BCUT2D eigenvalue weighted by Gasteiger charge is 2.23. The Labute approximate surface area is 72.9 Å². The monoisotopic (exact) mass is 156 g/mol. The van der Waals surface area contributed by atoms with Gasteiger partial charge in [-0.2, -0.15) is 0 Å². The summed E-state index contributed by atoms with van der Waals surface area (Å²) in [4.78, 5) is 0. The fraction of sp³-hybridized carbons (Fsp3) is 0.333. The summed E-state index contributed by atoms with van der Waals surface area (Å²) in [6.45, 7) is 0. The molecule has 0 saturated carbocycles. The maximum Gasteiger partial charge on any atom is 0.00300 e.